The number of hydrogen-bond donors (Lipinski definition) is 1. The van der Waals surface area contributed by atoms with Gasteiger partial charge in [-0.3, -0.25) is 4.79 Å². The fourth-order valence-corrected chi connectivity index (χ4v) is 3.51. The molecular weight excluding hydrogens is 336 g/mol. The van der Waals surface area contributed by atoms with Gasteiger partial charge in [-0.1, -0.05) is 11.6 Å². The summed E-state index contributed by atoms with van der Waals surface area (Å²) >= 11 is 0. The van der Waals surface area contributed by atoms with Crippen LogP contribution in [0.2, 0.25) is 0 Å². The third-order valence-electron chi connectivity index (χ3n) is 3.67. The Morgan fingerprint density at radius 2 is 1.75 bits per heavy atom. The zero-order chi connectivity index (χ0) is 17.6. The van der Waals surface area contributed by atoms with Gasteiger partial charge in [0, 0.05) is 24.0 Å². The molecular formula is C17H13F2NO3S. The second-order valence-electron chi connectivity index (χ2n) is 5.63. The number of halogens is 2. The van der Waals surface area contributed by atoms with E-state index in [2.05, 4.69) is 4.98 Å². The van der Waals surface area contributed by atoms with E-state index in [-0.39, 0.29) is 27.1 Å². The lowest BCUT2D eigenvalue weighted by atomic mass is 10.1. The van der Waals surface area contributed by atoms with Gasteiger partial charge in [0.15, 0.2) is 15.3 Å². The van der Waals surface area contributed by atoms with Crippen molar-refractivity contribution in [1.29, 1.82) is 0 Å². The maximum Gasteiger partial charge on any atom is 0.192 e. The van der Waals surface area contributed by atoms with E-state index in [1.54, 1.807) is 19.1 Å². The Morgan fingerprint density at radius 3 is 2.42 bits per heavy atom. The SMILES string of the molecule is Cc1ccc(S(C)(=O)=O)c(-c2cc(=O)c3c(F)cc(F)cc3[nH]2)c1. The largest absolute Gasteiger partial charge is 0.354 e. The molecule has 0 amide bonds. The van der Waals surface area contributed by atoms with E-state index in [1.165, 1.54) is 6.07 Å². The fourth-order valence-electron chi connectivity index (χ4n) is 2.63. The number of aromatic amines is 1. The fraction of sp³-hybridized carbons (Fsp3) is 0.118. The molecule has 0 atom stereocenters. The van der Waals surface area contributed by atoms with Crippen LogP contribution in [0.1, 0.15) is 5.56 Å². The van der Waals surface area contributed by atoms with E-state index in [1.807, 2.05) is 0 Å². The van der Waals surface area contributed by atoms with Crippen molar-refractivity contribution in [2.75, 3.05) is 6.26 Å². The van der Waals surface area contributed by atoms with Crippen LogP contribution in [0, 0.1) is 18.6 Å². The summed E-state index contributed by atoms with van der Waals surface area (Å²) in [6, 6.07) is 7.42. The molecule has 0 fully saturated rings. The minimum atomic E-state index is -3.55. The topological polar surface area (TPSA) is 67.0 Å². The van der Waals surface area contributed by atoms with E-state index >= 15 is 0 Å². The molecule has 7 heteroatoms. The third-order valence-corrected chi connectivity index (χ3v) is 4.83. The van der Waals surface area contributed by atoms with E-state index < -0.39 is 26.9 Å². The molecule has 3 aromatic rings. The van der Waals surface area contributed by atoms with Gasteiger partial charge in [-0.15, -0.1) is 0 Å². The molecule has 4 nitrogen and oxygen atoms in total. The summed E-state index contributed by atoms with van der Waals surface area (Å²) in [4.78, 5) is 15.0. The van der Waals surface area contributed by atoms with Crippen LogP contribution in [0.25, 0.3) is 22.2 Å². The third kappa shape index (κ3) is 2.82. The quantitative estimate of drug-likeness (QED) is 0.773. The zero-order valence-electron chi connectivity index (χ0n) is 12.9. The monoisotopic (exact) mass is 349 g/mol. The van der Waals surface area contributed by atoms with Crippen molar-refractivity contribution < 1.29 is 17.2 Å². The van der Waals surface area contributed by atoms with Gasteiger partial charge >= 0.3 is 0 Å². The van der Waals surface area contributed by atoms with Crippen LogP contribution >= 0.6 is 0 Å². The highest BCUT2D eigenvalue weighted by Gasteiger charge is 2.17. The van der Waals surface area contributed by atoms with Crippen molar-refractivity contribution in [3.05, 3.63) is 63.8 Å². The van der Waals surface area contributed by atoms with Crippen LogP contribution in [-0.4, -0.2) is 19.7 Å². The molecule has 0 aliphatic rings. The van der Waals surface area contributed by atoms with Crippen LogP contribution in [0.4, 0.5) is 8.78 Å². The first kappa shape index (κ1) is 16.3. The van der Waals surface area contributed by atoms with Crippen LogP contribution in [0.3, 0.4) is 0 Å². The highest BCUT2D eigenvalue weighted by Crippen LogP contribution is 2.28. The maximum atomic E-state index is 13.8. The smallest absolute Gasteiger partial charge is 0.192 e. The Morgan fingerprint density at radius 1 is 1.04 bits per heavy atom. The van der Waals surface area contributed by atoms with Gasteiger partial charge in [-0.25, -0.2) is 17.2 Å². The highest BCUT2D eigenvalue weighted by atomic mass is 32.2. The van der Waals surface area contributed by atoms with Crippen molar-refractivity contribution in [2.45, 2.75) is 11.8 Å². The van der Waals surface area contributed by atoms with Crippen molar-refractivity contribution in [3.63, 3.8) is 0 Å². The van der Waals surface area contributed by atoms with Crippen molar-refractivity contribution in [1.82, 2.24) is 4.98 Å². The standard InChI is InChI=1S/C17H13F2NO3S/c1-9-3-4-16(24(2,22)23)11(5-9)13-8-15(21)17-12(19)6-10(18)7-14(17)20-13/h3-8H,1-2H3,(H,20,21). The second kappa shape index (κ2) is 5.52. The van der Waals surface area contributed by atoms with Crippen LogP contribution in [-0.2, 0) is 9.84 Å². The van der Waals surface area contributed by atoms with Crippen LogP contribution in [0.5, 0.6) is 0 Å². The van der Waals surface area contributed by atoms with Crippen molar-refractivity contribution >= 4 is 20.7 Å². The Bertz CT molecular complexity index is 1130. The van der Waals surface area contributed by atoms with Crippen molar-refractivity contribution in [3.8, 4) is 11.3 Å². The van der Waals surface area contributed by atoms with Gasteiger partial charge < -0.3 is 4.98 Å². The van der Waals surface area contributed by atoms with E-state index in [4.69, 9.17) is 0 Å². The minimum Gasteiger partial charge on any atom is -0.354 e. The molecule has 2 aromatic carbocycles. The van der Waals surface area contributed by atoms with Gasteiger partial charge in [0.1, 0.15) is 11.6 Å². The summed E-state index contributed by atoms with van der Waals surface area (Å²) in [7, 11) is -3.55. The number of fused-ring (bicyclic) bond motifs is 1. The van der Waals surface area contributed by atoms with E-state index in [0.29, 0.717) is 6.07 Å². The van der Waals surface area contributed by atoms with Crippen molar-refractivity contribution in [2.24, 2.45) is 0 Å². The molecule has 0 saturated carbocycles. The number of aryl methyl sites for hydroxylation is 1. The average Bonchev–Trinajstić information content (AvgIpc) is 2.44. The highest BCUT2D eigenvalue weighted by molar-refractivity contribution is 7.90. The number of pyridine rings is 1. The van der Waals surface area contributed by atoms with E-state index in [0.717, 1.165) is 24.0 Å². The van der Waals surface area contributed by atoms with Crippen LogP contribution in [0.15, 0.2) is 46.1 Å². The Kier molecular flexibility index (Phi) is 3.76. The lowest BCUT2D eigenvalue weighted by Crippen LogP contribution is -2.08. The molecule has 0 aliphatic carbocycles. The molecule has 0 saturated heterocycles. The molecule has 1 heterocycles. The maximum absolute atomic E-state index is 13.8. The number of rotatable bonds is 2. The average molecular weight is 349 g/mol. The molecule has 24 heavy (non-hydrogen) atoms. The molecule has 0 unspecified atom stereocenters. The molecule has 1 N–H and O–H groups in total. The van der Waals surface area contributed by atoms with Gasteiger partial charge in [-0.05, 0) is 25.1 Å². The summed E-state index contributed by atoms with van der Waals surface area (Å²) in [5.41, 5.74) is 0.555. The van der Waals surface area contributed by atoms with Gasteiger partial charge in [0.2, 0.25) is 0 Å². The summed E-state index contributed by atoms with van der Waals surface area (Å²) in [5.74, 6) is -1.80. The van der Waals surface area contributed by atoms with Gasteiger partial charge in [-0.2, -0.15) is 0 Å². The lowest BCUT2D eigenvalue weighted by Gasteiger charge is -2.11. The molecule has 124 valence electrons. The molecule has 0 aliphatic heterocycles. The first-order chi connectivity index (χ1) is 11.2. The molecule has 0 radical (unpaired) electrons. The Hall–Kier alpha value is -2.54. The first-order valence-corrected chi connectivity index (χ1v) is 8.89. The number of nitrogens with one attached hydrogen (secondary N) is 1. The predicted octanol–water partition coefficient (Wildman–Crippen LogP) is 3.19. The molecule has 1 aromatic heterocycles. The first-order valence-electron chi connectivity index (χ1n) is 7.00. The summed E-state index contributed by atoms with van der Waals surface area (Å²) < 4.78 is 51.2. The zero-order valence-corrected chi connectivity index (χ0v) is 13.7. The van der Waals surface area contributed by atoms with Gasteiger partial charge in [0.05, 0.1) is 21.5 Å². The minimum absolute atomic E-state index is 0.0278. The number of aromatic nitrogens is 1. The summed E-state index contributed by atoms with van der Waals surface area (Å²) in [6.45, 7) is 1.77. The number of hydrogen-bond acceptors (Lipinski definition) is 3. The Labute approximate surface area is 136 Å². The van der Waals surface area contributed by atoms with E-state index in [9.17, 15) is 22.0 Å². The molecule has 0 spiro atoms. The predicted molar refractivity (Wildman–Crippen MR) is 87.8 cm³/mol. The summed E-state index contributed by atoms with van der Waals surface area (Å²) in [6.07, 6.45) is 1.06. The number of sulfone groups is 1. The number of H-pyrrole nitrogens is 1. The van der Waals surface area contributed by atoms with Gasteiger partial charge in [0.25, 0.3) is 0 Å². The molecule has 3 rings (SSSR count). The lowest BCUT2D eigenvalue weighted by molar-refractivity contribution is 0.591. The number of benzene rings is 2. The second-order valence-corrected chi connectivity index (χ2v) is 7.61. The Balaban J connectivity index is 2.40. The normalized spacial score (nSPS) is 11.8. The molecule has 0 bridgehead atoms. The van der Waals surface area contributed by atoms with Crippen LogP contribution < -0.4 is 5.43 Å². The summed E-state index contributed by atoms with van der Waals surface area (Å²) in [5, 5.41) is -0.270.